The highest BCUT2D eigenvalue weighted by atomic mass is 32.2. The summed E-state index contributed by atoms with van der Waals surface area (Å²) in [5.74, 6) is 1.86. The molecule has 1 aromatic carbocycles. The van der Waals surface area contributed by atoms with Crippen molar-refractivity contribution in [2.45, 2.75) is 30.7 Å². The summed E-state index contributed by atoms with van der Waals surface area (Å²) in [6.45, 7) is 6.88. The number of fused-ring (bicyclic) bond motifs is 1. The van der Waals surface area contributed by atoms with Gasteiger partial charge < -0.3 is 10.1 Å². The molecule has 1 heterocycles. The Morgan fingerprint density at radius 3 is 3.12 bits per heavy atom. The number of hydrogen-bond donors (Lipinski definition) is 1. The zero-order valence-electron chi connectivity index (χ0n) is 10.6. The van der Waals surface area contributed by atoms with Crippen LogP contribution in [-0.4, -0.2) is 31.6 Å². The number of hydrogen-bond acceptors (Lipinski definition) is 3. The predicted molar refractivity (Wildman–Crippen MR) is 73.9 cm³/mol. The van der Waals surface area contributed by atoms with Crippen molar-refractivity contribution >= 4 is 11.8 Å². The fourth-order valence-electron chi connectivity index (χ4n) is 2.10. The quantitative estimate of drug-likeness (QED) is 0.840. The topological polar surface area (TPSA) is 21.3 Å². The lowest BCUT2D eigenvalue weighted by Gasteiger charge is -2.17. The fraction of sp³-hybridized carbons (Fsp3) is 0.571. The molecule has 0 radical (unpaired) electrons. The van der Waals surface area contributed by atoms with Gasteiger partial charge in [0.25, 0.3) is 0 Å². The molecular formula is C14H21NOS. The van der Waals surface area contributed by atoms with E-state index in [0.717, 1.165) is 19.8 Å². The van der Waals surface area contributed by atoms with Gasteiger partial charge in [-0.2, -0.15) is 0 Å². The van der Waals surface area contributed by atoms with Gasteiger partial charge in [-0.3, -0.25) is 0 Å². The number of nitrogens with one attached hydrogen (secondary N) is 1. The maximum absolute atomic E-state index is 5.41. The summed E-state index contributed by atoms with van der Waals surface area (Å²) in [5, 5.41) is 3.56. The summed E-state index contributed by atoms with van der Waals surface area (Å²) < 4.78 is 5.41. The first-order valence-corrected chi connectivity index (χ1v) is 7.32. The average molecular weight is 251 g/mol. The molecule has 0 saturated carbocycles. The van der Waals surface area contributed by atoms with Crippen LogP contribution < -0.4 is 5.32 Å². The van der Waals surface area contributed by atoms with Crippen molar-refractivity contribution in [1.29, 1.82) is 0 Å². The van der Waals surface area contributed by atoms with Crippen molar-refractivity contribution in [2.75, 3.05) is 25.5 Å². The number of benzene rings is 1. The SMILES string of the molecule is CCOCC(C)NCC1CSc2ccccc21. The van der Waals surface area contributed by atoms with Gasteiger partial charge in [0.2, 0.25) is 0 Å². The highest BCUT2D eigenvalue weighted by Crippen LogP contribution is 2.38. The summed E-state index contributed by atoms with van der Waals surface area (Å²) in [7, 11) is 0. The molecular weight excluding hydrogens is 230 g/mol. The Bertz CT molecular complexity index is 356. The zero-order valence-corrected chi connectivity index (χ0v) is 11.4. The molecule has 17 heavy (non-hydrogen) atoms. The van der Waals surface area contributed by atoms with E-state index in [1.165, 1.54) is 16.2 Å². The summed E-state index contributed by atoms with van der Waals surface area (Å²) in [6.07, 6.45) is 0. The van der Waals surface area contributed by atoms with E-state index in [4.69, 9.17) is 4.74 Å². The zero-order chi connectivity index (χ0) is 12.1. The van der Waals surface area contributed by atoms with Gasteiger partial charge in [-0.1, -0.05) is 18.2 Å². The van der Waals surface area contributed by atoms with E-state index in [2.05, 4.69) is 36.5 Å². The molecule has 0 amide bonds. The largest absolute Gasteiger partial charge is 0.380 e. The lowest BCUT2D eigenvalue weighted by atomic mass is 10.0. The molecule has 2 unspecified atom stereocenters. The van der Waals surface area contributed by atoms with Crippen LogP contribution in [0.15, 0.2) is 29.2 Å². The van der Waals surface area contributed by atoms with E-state index in [1.807, 2.05) is 18.7 Å². The third-order valence-corrected chi connectivity index (χ3v) is 4.34. The Morgan fingerprint density at radius 1 is 1.47 bits per heavy atom. The van der Waals surface area contributed by atoms with Crippen LogP contribution in [0.5, 0.6) is 0 Å². The molecule has 2 atom stereocenters. The van der Waals surface area contributed by atoms with Crippen LogP contribution in [0.2, 0.25) is 0 Å². The second-order valence-electron chi connectivity index (χ2n) is 4.51. The van der Waals surface area contributed by atoms with Gasteiger partial charge in [-0.25, -0.2) is 0 Å². The van der Waals surface area contributed by atoms with Crippen molar-refractivity contribution in [3.63, 3.8) is 0 Å². The molecule has 0 saturated heterocycles. The minimum absolute atomic E-state index is 0.438. The van der Waals surface area contributed by atoms with Crippen LogP contribution in [-0.2, 0) is 4.74 Å². The molecule has 1 aliphatic heterocycles. The lowest BCUT2D eigenvalue weighted by molar-refractivity contribution is 0.127. The monoisotopic (exact) mass is 251 g/mol. The molecule has 2 rings (SSSR count). The molecule has 0 bridgehead atoms. The van der Waals surface area contributed by atoms with Crippen LogP contribution in [0.4, 0.5) is 0 Å². The van der Waals surface area contributed by atoms with Gasteiger partial charge in [0.05, 0.1) is 6.61 Å². The van der Waals surface area contributed by atoms with E-state index < -0.39 is 0 Å². The fourth-order valence-corrected chi connectivity index (χ4v) is 3.35. The van der Waals surface area contributed by atoms with Crippen molar-refractivity contribution in [2.24, 2.45) is 0 Å². The second kappa shape index (κ2) is 6.43. The van der Waals surface area contributed by atoms with Crippen molar-refractivity contribution in [3.8, 4) is 0 Å². The Kier molecular flexibility index (Phi) is 4.89. The minimum atomic E-state index is 0.438. The maximum atomic E-state index is 5.41. The molecule has 0 aliphatic carbocycles. The Balaban J connectivity index is 1.81. The number of ether oxygens (including phenoxy) is 1. The first-order valence-electron chi connectivity index (χ1n) is 6.34. The van der Waals surface area contributed by atoms with Gasteiger partial charge in [-0.15, -0.1) is 11.8 Å². The average Bonchev–Trinajstić information content (AvgIpc) is 2.77. The summed E-state index contributed by atoms with van der Waals surface area (Å²) >= 11 is 1.97. The van der Waals surface area contributed by atoms with E-state index in [0.29, 0.717) is 12.0 Å². The number of rotatable bonds is 6. The third kappa shape index (κ3) is 3.47. The van der Waals surface area contributed by atoms with Gasteiger partial charge >= 0.3 is 0 Å². The van der Waals surface area contributed by atoms with E-state index in [-0.39, 0.29) is 0 Å². The lowest BCUT2D eigenvalue weighted by Crippen LogP contribution is -2.34. The molecule has 1 N–H and O–H groups in total. The molecule has 94 valence electrons. The van der Waals surface area contributed by atoms with Crippen LogP contribution >= 0.6 is 11.8 Å². The Labute approximate surface area is 108 Å². The summed E-state index contributed by atoms with van der Waals surface area (Å²) in [4.78, 5) is 1.46. The normalized spacial score (nSPS) is 20.2. The molecule has 2 nitrogen and oxygen atoms in total. The van der Waals surface area contributed by atoms with E-state index in [1.54, 1.807) is 0 Å². The van der Waals surface area contributed by atoms with E-state index in [9.17, 15) is 0 Å². The maximum Gasteiger partial charge on any atom is 0.0616 e. The van der Waals surface area contributed by atoms with Crippen LogP contribution in [0.1, 0.15) is 25.3 Å². The molecule has 1 aromatic rings. The molecule has 0 spiro atoms. The predicted octanol–water partition coefficient (Wildman–Crippen LogP) is 2.89. The van der Waals surface area contributed by atoms with Crippen molar-refractivity contribution < 1.29 is 4.74 Å². The first-order chi connectivity index (χ1) is 8.31. The smallest absolute Gasteiger partial charge is 0.0616 e. The standard InChI is InChI=1S/C14H21NOS/c1-3-16-9-11(2)15-8-12-10-17-14-7-5-4-6-13(12)14/h4-7,11-12,15H,3,8-10H2,1-2H3. The Morgan fingerprint density at radius 2 is 2.29 bits per heavy atom. The Hall–Kier alpha value is -0.510. The number of thioether (sulfide) groups is 1. The molecule has 1 aliphatic rings. The first kappa shape index (κ1) is 12.9. The minimum Gasteiger partial charge on any atom is -0.380 e. The molecule has 0 aromatic heterocycles. The summed E-state index contributed by atoms with van der Waals surface area (Å²) in [6, 6.07) is 9.19. The highest BCUT2D eigenvalue weighted by molar-refractivity contribution is 7.99. The molecule has 0 fully saturated rings. The van der Waals surface area contributed by atoms with Crippen molar-refractivity contribution in [3.05, 3.63) is 29.8 Å². The molecule has 3 heteroatoms. The van der Waals surface area contributed by atoms with Gasteiger partial charge in [-0.05, 0) is 25.5 Å². The van der Waals surface area contributed by atoms with Gasteiger partial charge in [0.15, 0.2) is 0 Å². The van der Waals surface area contributed by atoms with Crippen LogP contribution in [0.25, 0.3) is 0 Å². The highest BCUT2D eigenvalue weighted by Gasteiger charge is 2.22. The van der Waals surface area contributed by atoms with E-state index >= 15 is 0 Å². The van der Waals surface area contributed by atoms with Crippen LogP contribution in [0, 0.1) is 0 Å². The van der Waals surface area contributed by atoms with Crippen molar-refractivity contribution in [1.82, 2.24) is 5.32 Å². The van der Waals surface area contributed by atoms with Crippen LogP contribution in [0.3, 0.4) is 0 Å². The second-order valence-corrected chi connectivity index (χ2v) is 5.58. The van der Waals surface area contributed by atoms with Gasteiger partial charge in [0, 0.05) is 35.8 Å². The van der Waals surface area contributed by atoms with Gasteiger partial charge in [0.1, 0.15) is 0 Å². The third-order valence-electron chi connectivity index (χ3n) is 3.08. The summed E-state index contributed by atoms with van der Waals surface area (Å²) in [5.41, 5.74) is 1.51.